The maximum Gasteiger partial charge on any atom is 0.241 e. The van der Waals surface area contributed by atoms with Crippen molar-refractivity contribution in [1.29, 1.82) is 0 Å². The van der Waals surface area contributed by atoms with Gasteiger partial charge in [0.25, 0.3) is 0 Å². The van der Waals surface area contributed by atoms with Crippen molar-refractivity contribution in [3.8, 4) is 0 Å². The molecule has 1 aliphatic heterocycles. The number of carbonyl (C=O) groups is 1. The SMILES string of the molecule is CCN(CCS(=O)(=O)NCC1(c2ccccc2)SC(c2ccccc2F)=NN1C(C)=O)C1CC1. The average molecular weight is 505 g/mol. The van der Waals surface area contributed by atoms with E-state index < -0.39 is 20.7 Å². The Morgan fingerprint density at radius 2 is 1.88 bits per heavy atom. The molecule has 0 bridgehead atoms. The standard InChI is InChI=1S/C24H29FN4O3S2/c1-3-28(20-13-14-20)15-16-34(31,32)26-17-24(19-9-5-4-6-10-19)29(18(2)30)27-23(33-24)21-11-7-8-12-22(21)25/h4-12,20,26H,3,13-17H2,1-2H3. The third kappa shape index (κ3) is 5.35. The van der Waals surface area contributed by atoms with Crippen LogP contribution in [-0.4, -0.2) is 60.7 Å². The Bertz CT molecular complexity index is 1170. The van der Waals surface area contributed by atoms with Gasteiger partial charge in [-0.1, -0.05) is 61.2 Å². The minimum Gasteiger partial charge on any atom is -0.300 e. The molecule has 34 heavy (non-hydrogen) atoms. The lowest BCUT2D eigenvalue weighted by Gasteiger charge is -2.35. The van der Waals surface area contributed by atoms with Crippen molar-refractivity contribution in [3.63, 3.8) is 0 Å². The van der Waals surface area contributed by atoms with E-state index in [4.69, 9.17) is 0 Å². The van der Waals surface area contributed by atoms with Crippen molar-refractivity contribution in [2.24, 2.45) is 5.10 Å². The fourth-order valence-corrected chi connectivity index (χ4v) is 6.62. The minimum atomic E-state index is -3.63. The van der Waals surface area contributed by atoms with Crippen LogP contribution in [0, 0.1) is 5.82 Å². The molecule has 2 aromatic carbocycles. The molecule has 1 fully saturated rings. The van der Waals surface area contributed by atoms with Crippen LogP contribution >= 0.6 is 11.8 Å². The third-order valence-electron chi connectivity index (χ3n) is 6.07. The first-order valence-corrected chi connectivity index (χ1v) is 13.8. The predicted molar refractivity (Wildman–Crippen MR) is 133 cm³/mol. The van der Waals surface area contributed by atoms with Crippen LogP contribution in [0.1, 0.15) is 37.8 Å². The summed E-state index contributed by atoms with van der Waals surface area (Å²) < 4.78 is 43.2. The van der Waals surface area contributed by atoms with Crippen LogP contribution in [0.3, 0.4) is 0 Å². The molecule has 10 heteroatoms. The smallest absolute Gasteiger partial charge is 0.241 e. The lowest BCUT2D eigenvalue weighted by Crippen LogP contribution is -2.49. The molecule has 7 nitrogen and oxygen atoms in total. The average Bonchev–Trinajstić information content (AvgIpc) is 3.58. The number of sulfonamides is 1. The summed E-state index contributed by atoms with van der Waals surface area (Å²) >= 11 is 1.18. The Morgan fingerprint density at radius 1 is 1.21 bits per heavy atom. The van der Waals surface area contributed by atoms with E-state index in [0.29, 0.717) is 23.2 Å². The molecule has 182 valence electrons. The van der Waals surface area contributed by atoms with Crippen molar-refractivity contribution < 1.29 is 17.6 Å². The van der Waals surface area contributed by atoms with Gasteiger partial charge in [-0.15, -0.1) is 0 Å². The lowest BCUT2D eigenvalue weighted by atomic mass is 10.1. The Labute approximate surface area is 204 Å². The summed E-state index contributed by atoms with van der Waals surface area (Å²) in [6.45, 7) is 4.57. The van der Waals surface area contributed by atoms with Crippen molar-refractivity contribution in [2.75, 3.05) is 25.4 Å². The van der Waals surface area contributed by atoms with Gasteiger partial charge in [-0.2, -0.15) is 5.10 Å². The van der Waals surface area contributed by atoms with Crippen LogP contribution in [0.5, 0.6) is 0 Å². The first-order valence-electron chi connectivity index (χ1n) is 11.4. The van der Waals surface area contributed by atoms with E-state index in [9.17, 15) is 17.6 Å². The van der Waals surface area contributed by atoms with Gasteiger partial charge in [0, 0.05) is 25.1 Å². The second-order valence-corrected chi connectivity index (χ2v) is 11.7. The Morgan fingerprint density at radius 3 is 2.50 bits per heavy atom. The third-order valence-corrected chi connectivity index (χ3v) is 8.76. The molecular formula is C24H29FN4O3S2. The normalized spacial score (nSPS) is 20.6. The lowest BCUT2D eigenvalue weighted by molar-refractivity contribution is -0.132. The zero-order valence-corrected chi connectivity index (χ0v) is 20.9. The molecule has 1 N–H and O–H groups in total. The molecule has 0 spiro atoms. The van der Waals surface area contributed by atoms with Crippen LogP contribution in [0.15, 0.2) is 59.7 Å². The van der Waals surface area contributed by atoms with Gasteiger partial charge < -0.3 is 0 Å². The van der Waals surface area contributed by atoms with Gasteiger partial charge in [-0.05, 0) is 37.1 Å². The molecule has 4 rings (SSSR count). The summed E-state index contributed by atoms with van der Waals surface area (Å²) in [6, 6.07) is 15.8. The van der Waals surface area contributed by atoms with E-state index in [1.165, 1.54) is 29.8 Å². The zero-order chi connectivity index (χ0) is 24.3. The molecule has 1 heterocycles. The molecule has 1 amide bonds. The van der Waals surface area contributed by atoms with Crippen molar-refractivity contribution >= 4 is 32.7 Å². The molecule has 2 aromatic rings. The maximum atomic E-state index is 14.6. The highest BCUT2D eigenvalue weighted by Gasteiger charge is 2.48. The fourth-order valence-electron chi connectivity index (χ4n) is 4.11. The molecular weight excluding hydrogens is 475 g/mol. The summed E-state index contributed by atoms with van der Waals surface area (Å²) in [5.41, 5.74) is 0.962. The van der Waals surface area contributed by atoms with Gasteiger partial charge in [0.2, 0.25) is 15.9 Å². The number of amides is 1. The summed E-state index contributed by atoms with van der Waals surface area (Å²) in [5, 5.41) is 6.03. The quantitative estimate of drug-likeness (QED) is 0.537. The van der Waals surface area contributed by atoms with E-state index in [-0.39, 0.29) is 23.8 Å². The second-order valence-electron chi connectivity index (χ2n) is 8.47. The first-order chi connectivity index (χ1) is 16.3. The number of nitrogens with one attached hydrogen (secondary N) is 1. The van der Waals surface area contributed by atoms with E-state index in [0.717, 1.165) is 19.4 Å². The summed E-state index contributed by atoms with van der Waals surface area (Å²) in [5.74, 6) is -0.859. The van der Waals surface area contributed by atoms with Gasteiger partial charge in [0.15, 0.2) is 4.87 Å². The topological polar surface area (TPSA) is 82.1 Å². The summed E-state index contributed by atoms with van der Waals surface area (Å²) in [4.78, 5) is 13.7. The van der Waals surface area contributed by atoms with Gasteiger partial charge in [0.1, 0.15) is 10.9 Å². The number of thioether (sulfide) groups is 1. The fraction of sp³-hybridized carbons (Fsp3) is 0.417. The first kappa shape index (κ1) is 24.8. The minimum absolute atomic E-state index is 0.0338. The molecule has 0 radical (unpaired) electrons. The molecule has 1 atom stereocenters. The van der Waals surface area contributed by atoms with Crippen LogP contribution in [0.25, 0.3) is 0 Å². The number of benzene rings is 2. The van der Waals surface area contributed by atoms with Crippen LogP contribution in [-0.2, 0) is 19.7 Å². The molecule has 0 aromatic heterocycles. The highest BCUT2D eigenvalue weighted by Crippen LogP contribution is 2.47. The second kappa shape index (κ2) is 10.2. The molecule has 1 saturated carbocycles. The van der Waals surface area contributed by atoms with E-state index in [1.807, 2.05) is 37.3 Å². The molecule has 1 unspecified atom stereocenters. The van der Waals surface area contributed by atoms with Gasteiger partial charge in [-0.25, -0.2) is 22.5 Å². The predicted octanol–water partition coefficient (Wildman–Crippen LogP) is 3.34. The largest absolute Gasteiger partial charge is 0.300 e. The number of nitrogens with zero attached hydrogens (tertiary/aromatic N) is 3. The summed E-state index contributed by atoms with van der Waals surface area (Å²) in [6.07, 6.45) is 2.22. The Balaban J connectivity index is 1.62. The van der Waals surface area contributed by atoms with E-state index in [2.05, 4.69) is 14.7 Å². The number of carbonyl (C=O) groups excluding carboxylic acids is 1. The highest BCUT2D eigenvalue weighted by atomic mass is 32.2. The van der Waals surface area contributed by atoms with Crippen molar-refractivity contribution in [1.82, 2.24) is 14.6 Å². The Hall–Kier alpha value is -2.27. The highest BCUT2D eigenvalue weighted by molar-refractivity contribution is 8.15. The maximum absolute atomic E-state index is 14.6. The van der Waals surface area contributed by atoms with Gasteiger partial charge >= 0.3 is 0 Å². The monoisotopic (exact) mass is 504 g/mol. The van der Waals surface area contributed by atoms with E-state index in [1.54, 1.807) is 18.2 Å². The van der Waals surface area contributed by atoms with Gasteiger partial charge in [0.05, 0.1) is 12.3 Å². The van der Waals surface area contributed by atoms with Crippen molar-refractivity contribution in [3.05, 3.63) is 71.5 Å². The van der Waals surface area contributed by atoms with Gasteiger partial charge in [-0.3, -0.25) is 9.69 Å². The number of rotatable bonds is 10. The van der Waals surface area contributed by atoms with Crippen LogP contribution < -0.4 is 4.72 Å². The number of hydrogen-bond acceptors (Lipinski definition) is 6. The molecule has 2 aliphatic rings. The van der Waals surface area contributed by atoms with E-state index >= 15 is 0 Å². The number of hydrogen-bond donors (Lipinski definition) is 1. The Kier molecular flexibility index (Phi) is 7.42. The van der Waals surface area contributed by atoms with Crippen LogP contribution in [0.2, 0.25) is 0 Å². The molecule has 0 saturated heterocycles. The van der Waals surface area contributed by atoms with Crippen LogP contribution in [0.4, 0.5) is 4.39 Å². The number of halogens is 1. The molecule has 1 aliphatic carbocycles. The zero-order valence-electron chi connectivity index (χ0n) is 19.3. The van der Waals surface area contributed by atoms with Crippen molar-refractivity contribution in [2.45, 2.75) is 37.6 Å². The number of hydrazone groups is 1. The summed E-state index contributed by atoms with van der Waals surface area (Å²) in [7, 11) is -3.63.